The molecule has 0 aromatic carbocycles. The molecule has 4 nitrogen and oxygen atoms in total. The van der Waals surface area contributed by atoms with E-state index >= 15 is 0 Å². The second kappa shape index (κ2) is 6.76. The molecule has 0 aromatic rings. The summed E-state index contributed by atoms with van der Waals surface area (Å²) in [7, 11) is 7.11. The highest BCUT2D eigenvalue weighted by Crippen LogP contribution is 2.31. The van der Waals surface area contributed by atoms with E-state index in [0.29, 0.717) is 5.54 Å². The lowest BCUT2D eigenvalue weighted by Crippen LogP contribution is -2.73. The maximum absolute atomic E-state index is 2.56. The molecule has 2 heterocycles. The Morgan fingerprint density at radius 1 is 0.727 bits per heavy atom. The first kappa shape index (κ1) is 18.2. The number of hydrogen-bond acceptors (Lipinski definition) is 2. The Kier molecular flexibility index (Phi) is 5.59. The highest BCUT2D eigenvalue weighted by molar-refractivity contribution is 4.68. The van der Waals surface area contributed by atoms with Gasteiger partial charge in [-0.05, 0) is 54.4 Å². The third-order valence-electron chi connectivity index (χ3n) is 6.33. The van der Waals surface area contributed by atoms with Crippen LogP contribution >= 0.6 is 0 Å². The molecule has 0 radical (unpaired) electrons. The fraction of sp³-hybridized carbons (Fsp3) is 1.00. The fourth-order valence-electron chi connectivity index (χ4n) is 4.41. The molecule has 130 valence electrons. The van der Waals surface area contributed by atoms with Gasteiger partial charge in [-0.1, -0.05) is 0 Å². The Balaban J connectivity index is 2.23. The van der Waals surface area contributed by atoms with Crippen LogP contribution in [0.1, 0.15) is 33.6 Å². The SMILES string of the molecule is CN1CCCN(C)CC[N+]2(C(C)(C)C)CCC[N+](C)(CC1)C2. The van der Waals surface area contributed by atoms with Gasteiger partial charge in [0.1, 0.15) is 0 Å². The Bertz CT molecular complexity index is 365. The normalized spacial score (nSPS) is 37.4. The number of nitrogens with zero attached hydrogens (tertiary/aromatic N) is 4. The van der Waals surface area contributed by atoms with E-state index in [-0.39, 0.29) is 0 Å². The molecule has 2 fully saturated rings. The predicted octanol–water partition coefficient (Wildman–Crippen LogP) is 1.68. The first-order valence-corrected chi connectivity index (χ1v) is 9.23. The van der Waals surface area contributed by atoms with Gasteiger partial charge in [0.25, 0.3) is 0 Å². The Morgan fingerprint density at radius 2 is 1.32 bits per heavy atom. The van der Waals surface area contributed by atoms with Crippen LogP contribution in [0.5, 0.6) is 0 Å². The smallest absolute Gasteiger partial charge is 0.207 e. The van der Waals surface area contributed by atoms with E-state index in [1.807, 2.05) is 0 Å². The lowest BCUT2D eigenvalue weighted by Gasteiger charge is -2.56. The van der Waals surface area contributed by atoms with Crippen molar-refractivity contribution in [1.82, 2.24) is 9.80 Å². The maximum atomic E-state index is 2.56. The molecule has 0 spiro atoms. The summed E-state index contributed by atoms with van der Waals surface area (Å²) in [5.74, 6) is 0. The molecule has 0 N–H and O–H groups in total. The molecule has 0 saturated carbocycles. The van der Waals surface area contributed by atoms with Gasteiger partial charge in [0.15, 0.2) is 0 Å². The van der Waals surface area contributed by atoms with Crippen molar-refractivity contribution in [2.75, 3.05) is 80.2 Å². The molecule has 2 bridgehead atoms. The van der Waals surface area contributed by atoms with E-state index in [9.17, 15) is 0 Å². The van der Waals surface area contributed by atoms with Gasteiger partial charge >= 0.3 is 0 Å². The van der Waals surface area contributed by atoms with E-state index in [4.69, 9.17) is 0 Å². The van der Waals surface area contributed by atoms with Crippen LogP contribution in [0, 0.1) is 0 Å². The van der Waals surface area contributed by atoms with Crippen LogP contribution in [-0.2, 0) is 0 Å². The molecule has 4 heteroatoms. The number of likely N-dealkylation sites (N-methyl/N-ethyl adjacent to an activating group) is 3. The Labute approximate surface area is 138 Å². The average Bonchev–Trinajstić information content (AvgIpc) is 2.41. The highest BCUT2D eigenvalue weighted by atomic mass is 15.6. The van der Waals surface area contributed by atoms with E-state index in [0.717, 1.165) is 0 Å². The summed E-state index contributed by atoms with van der Waals surface area (Å²) < 4.78 is 2.54. The summed E-state index contributed by atoms with van der Waals surface area (Å²) in [6, 6.07) is 0. The first-order chi connectivity index (χ1) is 10.2. The van der Waals surface area contributed by atoms with Crippen LogP contribution in [-0.4, -0.2) is 104 Å². The van der Waals surface area contributed by atoms with Crippen LogP contribution in [0.2, 0.25) is 0 Å². The largest absolute Gasteiger partial charge is 0.301 e. The number of quaternary nitrogens is 2. The van der Waals surface area contributed by atoms with Gasteiger partial charge in [0.2, 0.25) is 6.67 Å². The quantitative estimate of drug-likeness (QED) is 0.628. The molecular formula is C18H40N4+2. The second-order valence-corrected chi connectivity index (χ2v) is 9.28. The van der Waals surface area contributed by atoms with Crippen molar-refractivity contribution in [3.8, 4) is 0 Å². The van der Waals surface area contributed by atoms with Crippen molar-refractivity contribution in [2.45, 2.75) is 39.2 Å². The van der Waals surface area contributed by atoms with Gasteiger partial charge in [0.05, 0.1) is 38.8 Å². The maximum Gasteiger partial charge on any atom is 0.207 e. The first-order valence-electron chi connectivity index (χ1n) is 9.23. The standard InChI is InChI=1S/C18H40N4/c1-18(2,3)22-14-8-13-21(6,17-22)15-11-19(4)9-7-10-20(5)12-16-22/h7-17H2,1-6H3/q+2. The number of fused-ring (bicyclic) bond motifs is 2. The fourth-order valence-corrected chi connectivity index (χ4v) is 4.41. The molecule has 2 atom stereocenters. The minimum Gasteiger partial charge on any atom is -0.301 e. The van der Waals surface area contributed by atoms with Gasteiger partial charge in [-0.3, -0.25) is 8.97 Å². The summed E-state index contributed by atoms with van der Waals surface area (Å²) in [4.78, 5) is 5.10. The van der Waals surface area contributed by atoms with Crippen LogP contribution in [0.4, 0.5) is 0 Å². The van der Waals surface area contributed by atoms with Crippen molar-refractivity contribution < 1.29 is 8.97 Å². The molecule has 2 unspecified atom stereocenters. The topological polar surface area (TPSA) is 6.48 Å². The molecular weight excluding hydrogens is 272 g/mol. The predicted molar refractivity (Wildman–Crippen MR) is 94.8 cm³/mol. The third-order valence-corrected chi connectivity index (χ3v) is 6.33. The van der Waals surface area contributed by atoms with Crippen molar-refractivity contribution >= 4 is 0 Å². The van der Waals surface area contributed by atoms with Crippen molar-refractivity contribution in [2.24, 2.45) is 0 Å². The second-order valence-electron chi connectivity index (χ2n) is 9.28. The third kappa shape index (κ3) is 4.22. The Hall–Kier alpha value is -0.160. The average molecular weight is 313 g/mol. The summed E-state index contributed by atoms with van der Waals surface area (Å²) in [6.45, 7) is 19.0. The van der Waals surface area contributed by atoms with Gasteiger partial charge in [0, 0.05) is 19.5 Å². The zero-order valence-corrected chi connectivity index (χ0v) is 16.1. The van der Waals surface area contributed by atoms with Crippen molar-refractivity contribution in [1.29, 1.82) is 0 Å². The minimum atomic E-state index is 0.344. The van der Waals surface area contributed by atoms with Gasteiger partial charge in [-0.15, -0.1) is 0 Å². The molecule has 0 aromatic heterocycles. The van der Waals surface area contributed by atoms with E-state index in [1.165, 1.54) is 80.8 Å². The monoisotopic (exact) mass is 312 g/mol. The van der Waals surface area contributed by atoms with Gasteiger partial charge < -0.3 is 9.80 Å². The van der Waals surface area contributed by atoms with E-state index < -0.39 is 0 Å². The van der Waals surface area contributed by atoms with Crippen LogP contribution in [0.3, 0.4) is 0 Å². The van der Waals surface area contributed by atoms with Crippen LogP contribution in [0.25, 0.3) is 0 Å². The van der Waals surface area contributed by atoms with Crippen LogP contribution < -0.4 is 0 Å². The summed E-state index contributed by atoms with van der Waals surface area (Å²) in [6.07, 6.45) is 2.67. The summed E-state index contributed by atoms with van der Waals surface area (Å²) in [5, 5.41) is 0. The van der Waals surface area contributed by atoms with Crippen LogP contribution in [0.15, 0.2) is 0 Å². The Morgan fingerprint density at radius 3 is 1.91 bits per heavy atom. The van der Waals surface area contributed by atoms with Gasteiger partial charge in [-0.2, -0.15) is 0 Å². The number of hydrogen-bond donors (Lipinski definition) is 0. The molecule has 2 saturated heterocycles. The zero-order chi connectivity index (χ0) is 16.4. The van der Waals surface area contributed by atoms with E-state index in [1.54, 1.807) is 0 Å². The lowest BCUT2D eigenvalue weighted by atomic mass is 9.98. The molecule has 0 amide bonds. The molecule has 2 aliphatic heterocycles. The summed E-state index contributed by atoms with van der Waals surface area (Å²) >= 11 is 0. The van der Waals surface area contributed by atoms with Gasteiger partial charge in [-0.25, -0.2) is 0 Å². The zero-order valence-electron chi connectivity index (χ0n) is 16.1. The lowest BCUT2D eigenvalue weighted by molar-refractivity contribution is -1.13. The molecule has 2 rings (SSSR count). The number of rotatable bonds is 0. The van der Waals surface area contributed by atoms with Crippen molar-refractivity contribution in [3.05, 3.63) is 0 Å². The molecule has 22 heavy (non-hydrogen) atoms. The molecule has 2 aliphatic rings. The minimum absolute atomic E-state index is 0.344. The molecule has 0 aliphatic carbocycles. The highest BCUT2D eigenvalue weighted by Gasteiger charge is 2.48. The van der Waals surface area contributed by atoms with Crippen molar-refractivity contribution in [3.63, 3.8) is 0 Å². The summed E-state index contributed by atoms with van der Waals surface area (Å²) in [5.41, 5.74) is 0.344. The van der Waals surface area contributed by atoms with E-state index in [2.05, 4.69) is 51.7 Å².